The number of aromatic amines is 1. The van der Waals surface area contributed by atoms with E-state index < -0.39 is 11.6 Å². The number of aryl methyl sites for hydroxylation is 1. The quantitative estimate of drug-likeness (QED) is 0.486. The van der Waals surface area contributed by atoms with Crippen LogP contribution in [0.2, 0.25) is 0 Å². The summed E-state index contributed by atoms with van der Waals surface area (Å²) in [6.07, 6.45) is 1.38. The molecule has 0 saturated carbocycles. The molecular weight excluding hydrogens is 378 g/mol. The number of benzene rings is 2. The number of nitrogens with one attached hydrogen (secondary N) is 2. The highest BCUT2D eigenvalue weighted by molar-refractivity contribution is 6.12. The molecule has 8 heteroatoms. The summed E-state index contributed by atoms with van der Waals surface area (Å²) in [5.41, 5.74) is 2.22. The van der Waals surface area contributed by atoms with E-state index in [1.807, 2.05) is 6.92 Å². The van der Waals surface area contributed by atoms with E-state index >= 15 is 0 Å². The van der Waals surface area contributed by atoms with Crippen LogP contribution in [0.25, 0.3) is 11.0 Å². The number of halogens is 2. The van der Waals surface area contributed by atoms with E-state index in [1.165, 1.54) is 19.4 Å². The van der Waals surface area contributed by atoms with E-state index in [0.29, 0.717) is 28.2 Å². The number of imidazole rings is 1. The Labute approximate surface area is 164 Å². The maximum atomic E-state index is 13.8. The Balaban J connectivity index is 1.62. The van der Waals surface area contributed by atoms with Crippen LogP contribution in [0.3, 0.4) is 0 Å². The first kappa shape index (κ1) is 18.5. The van der Waals surface area contributed by atoms with Gasteiger partial charge in [0.25, 0.3) is 0 Å². The lowest BCUT2D eigenvalue weighted by atomic mass is 10.0. The number of hydrogen-bond acceptors (Lipinski definition) is 5. The number of H-pyrrole nitrogens is 1. The molecule has 2 N–H and O–H groups in total. The molecule has 0 amide bonds. The zero-order chi connectivity index (χ0) is 20.5. The summed E-state index contributed by atoms with van der Waals surface area (Å²) >= 11 is 0. The largest absolute Gasteiger partial charge is 0.496 e. The van der Waals surface area contributed by atoms with Crippen molar-refractivity contribution in [1.82, 2.24) is 15.0 Å². The van der Waals surface area contributed by atoms with Crippen molar-refractivity contribution in [3.05, 3.63) is 77.2 Å². The average Bonchev–Trinajstić information content (AvgIpc) is 3.08. The van der Waals surface area contributed by atoms with E-state index in [-0.39, 0.29) is 11.5 Å². The van der Waals surface area contributed by atoms with Crippen LogP contribution < -0.4 is 10.1 Å². The molecule has 2 aromatic carbocycles. The summed E-state index contributed by atoms with van der Waals surface area (Å²) in [5.74, 6) is -0.219. The van der Waals surface area contributed by atoms with Crippen molar-refractivity contribution in [2.75, 3.05) is 12.4 Å². The van der Waals surface area contributed by atoms with E-state index in [4.69, 9.17) is 4.74 Å². The second-order valence-corrected chi connectivity index (χ2v) is 6.40. The topological polar surface area (TPSA) is 79.9 Å². The lowest BCUT2D eigenvalue weighted by molar-refractivity contribution is 0.103. The molecule has 0 fully saturated rings. The summed E-state index contributed by atoms with van der Waals surface area (Å²) < 4.78 is 32.1. The van der Waals surface area contributed by atoms with Gasteiger partial charge in [0.15, 0.2) is 5.78 Å². The number of pyridine rings is 1. The van der Waals surface area contributed by atoms with Crippen molar-refractivity contribution in [1.29, 1.82) is 0 Å². The number of carbonyl (C=O) groups excluding carboxylic acids is 1. The predicted molar refractivity (Wildman–Crippen MR) is 105 cm³/mol. The SMILES string of the molecule is COc1cc2nc(C)[nH]c2cc1C(=O)c1ccc(Nc2ccc(F)cc2F)nc1. The molecule has 2 heterocycles. The van der Waals surface area contributed by atoms with Gasteiger partial charge in [-0.1, -0.05) is 0 Å². The van der Waals surface area contributed by atoms with E-state index in [0.717, 1.165) is 23.5 Å². The van der Waals surface area contributed by atoms with Gasteiger partial charge in [-0.2, -0.15) is 0 Å². The Morgan fingerprint density at radius 2 is 1.97 bits per heavy atom. The van der Waals surface area contributed by atoms with Crippen LogP contribution in [-0.4, -0.2) is 27.8 Å². The number of nitrogens with zero attached hydrogens (tertiary/aromatic N) is 2. The van der Waals surface area contributed by atoms with Crippen LogP contribution in [0.1, 0.15) is 21.7 Å². The minimum atomic E-state index is -0.736. The van der Waals surface area contributed by atoms with E-state index in [9.17, 15) is 13.6 Å². The standard InChI is InChI=1S/C21H16F2N4O2/c1-11-25-17-8-14(19(29-2)9-18(17)26-11)21(28)12-3-6-20(24-10-12)27-16-5-4-13(22)7-15(16)23/h3-10H,1-2H3,(H,24,27)(H,25,26). The molecule has 29 heavy (non-hydrogen) atoms. The lowest BCUT2D eigenvalue weighted by Crippen LogP contribution is -2.05. The number of hydrogen-bond donors (Lipinski definition) is 2. The number of fused-ring (bicyclic) bond motifs is 1. The van der Waals surface area contributed by atoms with Gasteiger partial charge in [-0.25, -0.2) is 18.7 Å². The number of methoxy groups -OCH3 is 1. The molecule has 2 aromatic heterocycles. The van der Waals surface area contributed by atoms with Gasteiger partial charge in [0, 0.05) is 23.9 Å². The fraction of sp³-hybridized carbons (Fsp3) is 0.0952. The third-order valence-electron chi connectivity index (χ3n) is 4.39. The highest BCUT2D eigenvalue weighted by Gasteiger charge is 2.17. The molecule has 0 radical (unpaired) electrons. The molecule has 0 unspecified atom stereocenters. The van der Waals surface area contributed by atoms with Gasteiger partial charge in [0.05, 0.1) is 29.4 Å². The van der Waals surface area contributed by atoms with Crippen LogP contribution >= 0.6 is 0 Å². The first-order chi connectivity index (χ1) is 13.9. The fourth-order valence-electron chi connectivity index (χ4n) is 3.00. The Hall–Kier alpha value is -3.81. The van der Waals surface area contributed by atoms with Gasteiger partial charge in [0.1, 0.15) is 29.0 Å². The highest BCUT2D eigenvalue weighted by Crippen LogP contribution is 2.27. The molecule has 0 atom stereocenters. The number of carbonyl (C=O) groups is 1. The second-order valence-electron chi connectivity index (χ2n) is 6.40. The van der Waals surface area contributed by atoms with Crippen molar-refractivity contribution >= 4 is 28.3 Å². The van der Waals surface area contributed by atoms with Crippen LogP contribution in [0.5, 0.6) is 5.75 Å². The molecule has 0 spiro atoms. The number of ether oxygens (including phenoxy) is 1. The lowest BCUT2D eigenvalue weighted by Gasteiger charge is -2.09. The van der Waals surface area contributed by atoms with Crippen LogP contribution in [0, 0.1) is 18.6 Å². The molecule has 6 nitrogen and oxygen atoms in total. The Morgan fingerprint density at radius 3 is 2.66 bits per heavy atom. The van der Waals surface area contributed by atoms with Gasteiger partial charge in [-0.3, -0.25) is 4.79 Å². The average molecular weight is 394 g/mol. The maximum Gasteiger partial charge on any atom is 0.198 e. The number of aromatic nitrogens is 3. The third-order valence-corrected chi connectivity index (χ3v) is 4.39. The third kappa shape index (κ3) is 3.64. The summed E-state index contributed by atoms with van der Waals surface area (Å²) in [5, 5.41) is 2.75. The zero-order valence-electron chi connectivity index (χ0n) is 15.6. The normalized spacial score (nSPS) is 10.9. The van der Waals surface area contributed by atoms with Gasteiger partial charge in [-0.15, -0.1) is 0 Å². The first-order valence-electron chi connectivity index (χ1n) is 8.72. The molecule has 146 valence electrons. The maximum absolute atomic E-state index is 13.8. The van der Waals surface area contributed by atoms with Gasteiger partial charge < -0.3 is 15.0 Å². The Bertz CT molecular complexity index is 1220. The molecule has 0 aliphatic rings. The van der Waals surface area contributed by atoms with Crippen LogP contribution in [0.4, 0.5) is 20.3 Å². The molecule has 0 saturated heterocycles. The Morgan fingerprint density at radius 1 is 1.14 bits per heavy atom. The molecule has 4 aromatic rings. The number of anilines is 2. The van der Waals surface area contributed by atoms with Crippen molar-refractivity contribution < 1.29 is 18.3 Å². The number of ketones is 1. The minimum absolute atomic E-state index is 0.0831. The predicted octanol–water partition coefficient (Wildman–Crippen LogP) is 4.53. The minimum Gasteiger partial charge on any atom is -0.496 e. The fourth-order valence-corrected chi connectivity index (χ4v) is 3.00. The summed E-state index contributed by atoms with van der Waals surface area (Å²) in [7, 11) is 1.49. The van der Waals surface area contributed by atoms with Crippen LogP contribution in [-0.2, 0) is 0 Å². The zero-order valence-corrected chi connectivity index (χ0v) is 15.6. The van der Waals surface area contributed by atoms with Crippen molar-refractivity contribution in [2.45, 2.75) is 6.92 Å². The van der Waals surface area contributed by atoms with Gasteiger partial charge >= 0.3 is 0 Å². The Kier molecular flexibility index (Phi) is 4.67. The first-order valence-corrected chi connectivity index (χ1v) is 8.72. The van der Waals surface area contributed by atoms with Gasteiger partial charge in [-0.05, 0) is 37.3 Å². The summed E-state index contributed by atoms with van der Waals surface area (Å²) in [4.78, 5) is 24.5. The highest BCUT2D eigenvalue weighted by atomic mass is 19.1. The van der Waals surface area contributed by atoms with Crippen molar-refractivity contribution in [2.24, 2.45) is 0 Å². The van der Waals surface area contributed by atoms with E-state index in [1.54, 1.807) is 24.3 Å². The monoisotopic (exact) mass is 394 g/mol. The molecule has 0 bridgehead atoms. The molecule has 0 aliphatic heterocycles. The molecule has 0 aliphatic carbocycles. The van der Waals surface area contributed by atoms with E-state index in [2.05, 4.69) is 20.3 Å². The number of rotatable bonds is 5. The summed E-state index contributed by atoms with van der Waals surface area (Å²) in [6.45, 7) is 1.83. The second kappa shape index (κ2) is 7.31. The smallest absolute Gasteiger partial charge is 0.198 e. The molecule has 4 rings (SSSR count). The van der Waals surface area contributed by atoms with Gasteiger partial charge in [0.2, 0.25) is 0 Å². The van der Waals surface area contributed by atoms with Crippen LogP contribution in [0.15, 0.2) is 48.7 Å². The van der Waals surface area contributed by atoms with Crippen molar-refractivity contribution in [3.8, 4) is 5.75 Å². The van der Waals surface area contributed by atoms with Crippen molar-refractivity contribution in [3.63, 3.8) is 0 Å². The molecular formula is C21H16F2N4O2. The summed E-state index contributed by atoms with van der Waals surface area (Å²) in [6, 6.07) is 9.70.